The maximum atomic E-state index is 12.7. The molecular formula is C40H62O16. The van der Waals surface area contributed by atoms with Gasteiger partial charge in [-0.1, -0.05) is 26.3 Å². The first-order valence-electron chi connectivity index (χ1n) is 20.6. The van der Waals surface area contributed by atoms with Gasteiger partial charge in [0.15, 0.2) is 12.6 Å². The molecule has 0 amide bonds. The molecule has 4 saturated carbocycles. The van der Waals surface area contributed by atoms with Crippen LogP contribution in [0.2, 0.25) is 0 Å². The minimum atomic E-state index is -1.74. The minimum absolute atomic E-state index is 0.0202. The zero-order valence-corrected chi connectivity index (χ0v) is 32.8. The summed E-state index contributed by atoms with van der Waals surface area (Å²) in [4.78, 5) is 12.7. The van der Waals surface area contributed by atoms with E-state index in [2.05, 4.69) is 13.8 Å². The number of ether oxygens (including phenoxy) is 6. The van der Waals surface area contributed by atoms with Crippen LogP contribution in [0.4, 0.5) is 0 Å². The van der Waals surface area contributed by atoms with Crippen molar-refractivity contribution in [1.82, 2.24) is 0 Å². The lowest BCUT2D eigenvalue weighted by atomic mass is 9.42. The lowest BCUT2D eigenvalue weighted by Crippen LogP contribution is -2.71. The van der Waals surface area contributed by atoms with E-state index in [4.69, 9.17) is 28.4 Å². The van der Waals surface area contributed by atoms with Crippen molar-refractivity contribution in [3.63, 3.8) is 0 Å². The van der Waals surface area contributed by atoms with Gasteiger partial charge in [0.2, 0.25) is 0 Å². The summed E-state index contributed by atoms with van der Waals surface area (Å²) in [7, 11) is 0. The lowest BCUT2D eigenvalue weighted by molar-refractivity contribution is -0.344. The third-order valence-electron chi connectivity index (χ3n) is 16.4. The molecule has 0 aromatic carbocycles. The van der Waals surface area contributed by atoms with Crippen molar-refractivity contribution in [2.45, 2.75) is 177 Å². The van der Waals surface area contributed by atoms with Crippen LogP contribution in [0.3, 0.4) is 0 Å². The van der Waals surface area contributed by atoms with Gasteiger partial charge in [-0.15, -0.1) is 0 Å². The zero-order valence-electron chi connectivity index (χ0n) is 32.8. The van der Waals surface area contributed by atoms with Gasteiger partial charge in [0.25, 0.3) is 0 Å². The standard InChI is InChI=1S/C40H62O16/c1-15-10-22(53-35(49)16(15)2)17(3)19-6-7-20-26-21(8-9-38(19,20)4)39(5)25(42)11-18(12-40(39,50)34-33(26)56-34)52-37-32(48)30(46)28(44)24(55-37)14-51-36-31(47)29(45)27(43)23(13-41)54-36/h17-34,36-37,41-48,50H,6-14H2,1-5H3/t17-,18-,19+,20-,21-,22+,23+,24+,25-,26-,27+,28+,29-,30-,31+,32+,33-,34-,36+,37+,38+,39-,40-/m0/s1. The number of carbonyl (C=O) groups is 1. The van der Waals surface area contributed by atoms with Gasteiger partial charge in [-0.2, -0.15) is 0 Å². The fourth-order valence-electron chi connectivity index (χ4n) is 12.8. The molecule has 4 aliphatic carbocycles. The first-order valence-corrected chi connectivity index (χ1v) is 20.6. The van der Waals surface area contributed by atoms with Gasteiger partial charge in [-0.3, -0.25) is 0 Å². The van der Waals surface area contributed by atoms with E-state index in [-0.39, 0.29) is 54.2 Å². The van der Waals surface area contributed by atoms with E-state index in [0.29, 0.717) is 17.4 Å². The zero-order chi connectivity index (χ0) is 40.4. The van der Waals surface area contributed by atoms with Crippen LogP contribution in [-0.4, -0.2) is 163 Å². The highest BCUT2D eigenvalue weighted by molar-refractivity contribution is 5.89. The molecule has 9 N–H and O–H groups in total. The summed E-state index contributed by atoms with van der Waals surface area (Å²) in [6.07, 6.45) is -13.8. The number of aliphatic hydroxyl groups excluding tert-OH is 8. The predicted octanol–water partition coefficient (Wildman–Crippen LogP) is -0.984. The summed E-state index contributed by atoms with van der Waals surface area (Å²) >= 11 is 0. The normalized spacial score (nSPS) is 56.0. The molecule has 56 heavy (non-hydrogen) atoms. The van der Waals surface area contributed by atoms with E-state index in [1.165, 1.54) is 0 Å². The van der Waals surface area contributed by atoms with Crippen molar-refractivity contribution >= 4 is 5.97 Å². The number of fused-ring (bicyclic) bond motifs is 8. The third-order valence-corrected chi connectivity index (χ3v) is 16.4. The van der Waals surface area contributed by atoms with E-state index in [9.17, 15) is 50.8 Å². The molecule has 0 bridgehead atoms. The van der Waals surface area contributed by atoms with Crippen molar-refractivity contribution in [2.24, 2.45) is 40.4 Å². The van der Waals surface area contributed by atoms with Crippen LogP contribution in [0.5, 0.6) is 0 Å². The molecule has 23 atom stereocenters. The smallest absolute Gasteiger partial charge is 0.333 e. The van der Waals surface area contributed by atoms with E-state index in [1.54, 1.807) is 0 Å². The van der Waals surface area contributed by atoms with Crippen LogP contribution in [0, 0.1) is 40.4 Å². The van der Waals surface area contributed by atoms with Crippen LogP contribution in [0.15, 0.2) is 11.1 Å². The fourth-order valence-corrected chi connectivity index (χ4v) is 12.8. The Morgan fingerprint density at radius 2 is 1.50 bits per heavy atom. The largest absolute Gasteiger partial charge is 0.458 e. The van der Waals surface area contributed by atoms with Crippen molar-refractivity contribution in [1.29, 1.82) is 0 Å². The molecule has 0 radical (unpaired) electrons. The highest BCUT2D eigenvalue weighted by Gasteiger charge is 2.78. The summed E-state index contributed by atoms with van der Waals surface area (Å²) < 4.78 is 35.4. The van der Waals surface area contributed by atoms with Crippen molar-refractivity contribution in [3.8, 4) is 0 Å². The Morgan fingerprint density at radius 3 is 2.18 bits per heavy atom. The van der Waals surface area contributed by atoms with E-state index >= 15 is 0 Å². The van der Waals surface area contributed by atoms with Crippen LogP contribution in [0.1, 0.15) is 79.6 Å². The first-order chi connectivity index (χ1) is 26.4. The molecule has 8 rings (SSSR count). The molecule has 318 valence electrons. The highest BCUT2D eigenvalue weighted by atomic mass is 16.7. The number of rotatable bonds is 8. The lowest BCUT2D eigenvalue weighted by Gasteiger charge is -2.64. The van der Waals surface area contributed by atoms with Gasteiger partial charge < -0.3 is 74.4 Å². The summed E-state index contributed by atoms with van der Waals surface area (Å²) in [5.74, 6) is 0.710. The van der Waals surface area contributed by atoms with Gasteiger partial charge in [0.05, 0.1) is 31.5 Å². The maximum Gasteiger partial charge on any atom is 0.333 e. The van der Waals surface area contributed by atoms with Crippen molar-refractivity contribution < 1.29 is 79.2 Å². The Morgan fingerprint density at radius 1 is 0.839 bits per heavy atom. The maximum absolute atomic E-state index is 12.7. The number of cyclic esters (lactones) is 1. The second kappa shape index (κ2) is 14.7. The molecular weight excluding hydrogens is 736 g/mol. The summed E-state index contributed by atoms with van der Waals surface area (Å²) in [6.45, 7) is 9.24. The van der Waals surface area contributed by atoms with Crippen molar-refractivity contribution in [2.75, 3.05) is 13.2 Å². The Hall–Kier alpha value is -1.35. The van der Waals surface area contributed by atoms with E-state index in [0.717, 1.165) is 37.7 Å². The summed E-state index contributed by atoms with van der Waals surface area (Å²) in [5.41, 5.74) is -0.634. The Bertz CT molecular complexity index is 1530. The predicted molar refractivity (Wildman–Crippen MR) is 191 cm³/mol. The molecule has 0 aromatic heterocycles. The molecule has 0 aromatic rings. The van der Waals surface area contributed by atoms with Gasteiger partial charge >= 0.3 is 5.97 Å². The molecule has 3 saturated heterocycles. The number of hydrogen-bond acceptors (Lipinski definition) is 16. The van der Waals surface area contributed by atoms with Gasteiger partial charge in [-0.25, -0.2) is 4.79 Å². The van der Waals surface area contributed by atoms with Gasteiger partial charge in [0.1, 0.15) is 66.6 Å². The molecule has 0 unspecified atom stereocenters. The molecule has 0 spiro atoms. The second-order valence-corrected chi connectivity index (χ2v) is 18.9. The second-order valence-electron chi connectivity index (χ2n) is 18.9. The number of hydrogen-bond donors (Lipinski definition) is 9. The van der Waals surface area contributed by atoms with Crippen LogP contribution in [-0.2, 0) is 33.2 Å². The van der Waals surface area contributed by atoms with Gasteiger partial charge in [-0.05, 0) is 74.5 Å². The van der Waals surface area contributed by atoms with Crippen LogP contribution >= 0.6 is 0 Å². The van der Waals surface area contributed by atoms with Crippen LogP contribution in [0.25, 0.3) is 0 Å². The first kappa shape index (κ1) is 41.4. The highest BCUT2D eigenvalue weighted by Crippen LogP contribution is 2.73. The van der Waals surface area contributed by atoms with Gasteiger partial charge in [0, 0.05) is 30.3 Å². The number of esters is 1. The minimum Gasteiger partial charge on any atom is -0.458 e. The molecule has 4 aliphatic heterocycles. The third kappa shape index (κ3) is 6.19. The number of epoxide rings is 1. The Labute approximate surface area is 326 Å². The average Bonchev–Trinajstić information content (AvgIpc) is 3.90. The quantitative estimate of drug-likeness (QED) is 0.0812. The SMILES string of the molecule is CC1=C(C)C(=O)O[C@@H]([C@@H](C)[C@H]2CC[C@H]3[C@@H]4[C@@H]5O[C@@H]5[C@@]5(O)C[C@@H](O[C@@H]6O[C@H](CO[C@@H]7O[C@H](CO)[C@@H](O)[C@H](O)[C@H]7O)[C@@H](O)[C@H](O)[C@H]6O)C[C@H](O)[C@]5(C)[C@H]4CC[C@]23C)C1. The van der Waals surface area contributed by atoms with Crippen LogP contribution < -0.4 is 0 Å². The number of aliphatic hydroxyl groups is 9. The Balaban J connectivity index is 0.945. The molecule has 16 nitrogen and oxygen atoms in total. The molecule has 4 heterocycles. The number of carbonyl (C=O) groups excluding carboxylic acids is 1. The van der Waals surface area contributed by atoms with E-state index in [1.807, 2.05) is 20.8 Å². The summed E-state index contributed by atoms with van der Waals surface area (Å²) in [5, 5.41) is 97.3. The monoisotopic (exact) mass is 798 g/mol. The molecule has 16 heteroatoms. The summed E-state index contributed by atoms with van der Waals surface area (Å²) in [6, 6.07) is 0. The molecule has 7 fully saturated rings. The van der Waals surface area contributed by atoms with E-state index < -0.39 is 104 Å². The molecule has 8 aliphatic rings. The fraction of sp³-hybridized carbons (Fsp3) is 0.925. The average molecular weight is 799 g/mol. The Kier molecular flexibility index (Phi) is 10.8. The topological polar surface area (TPSA) is 258 Å². The van der Waals surface area contributed by atoms with Crippen molar-refractivity contribution in [3.05, 3.63) is 11.1 Å².